The molecule has 0 spiro atoms. The summed E-state index contributed by atoms with van der Waals surface area (Å²) in [5.74, 6) is -0.982. The second-order valence-corrected chi connectivity index (χ2v) is 5.14. The molecule has 0 saturated heterocycles. The van der Waals surface area contributed by atoms with Crippen molar-refractivity contribution in [3.8, 4) is 0 Å². The van der Waals surface area contributed by atoms with E-state index in [1.807, 2.05) is 0 Å². The fraction of sp³-hybridized carbons (Fsp3) is 0. The van der Waals surface area contributed by atoms with Crippen LogP contribution in [0.5, 0.6) is 0 Å². The molecule has 0 aliphatic heterocycles. The summed E-state index contributed by atoms with van der Waals surface area (Å²) in [5.41, 5.74) is 1.35. The Hall–Kier alpha value is -1.55. The first-order chi connectivity index (χ1) is 9.47. The molecule has 0 bridgehead atoms. The largest absolute Gasteiger partial charge is 0.478 e. The first-order valence-electron chi connectivity index (χ1n) is 5.49. The number of aromatic carboxylic acids is 1. The van der Waals surface area contributed by atoms with Gasteiger partial charge in [0.1, 0.15) is 0 Å². The van der Waals surface area contributed by atoms with Crippen LogP contribution in [0.15, 0.2) is 41.4 Å². The van der Waals surface area contributed by atoms with Gasteiger partial charge in [0.15, 0.2) is 0 Å². The van der Waals surface area contributed by atoms with E-state index in [0.717, 1.165) is 0 Å². The number of carbonyl (C=O) groups is 1. The maximum Gasteiger partial charge on any atom is 0.335 e. The Morgan fingerprint density at radius 3 is 2.10 bits per heavy atom. The second kappa shape index (κ2) is 6.27. The Balaban J connectivity index is 2.27. The van der Waals surface area contributed by atoms with Crippen molar-refractivity contribution in [1.82, 2.24) is 0 Å². The Bertz CT molecular complexity index is 658. The average molecular weight is 329 g/mol. The molecule has 3 nitrogen and oxygen atoms in total. The maximum atomic E-state index is 10.7. The van der Waals surface area contributed by atoms with Crippen molar-refractivity contribution in [3.63, 3.8) is 0 Å². The highest BCUT2D eigenvalue weighted by atomic mass is 35.5. The van der Waals surface area contributed by atoms with Crippen molar-refractivity contribution in [3.05, 3.63) is 62.6 Å². The molecule has 0 aromatic heterocycles. The Kier molecular flexibility index (Phi) is 4.65. The van der Waals surface area contributed by atoms with Crippen molar-refractivity contribution in [2.75, 3.05) is 0 Å². The molecule has 0 aliphatic rings. The van der Waals surface area contributed by atoms with E-state index in [-0.39, 0.29) is 5.56 Å². The number of hydrogen-bond acceptors (Lipinski definition) is 2. The number of aliphatic imine (C=N–C) groups is 1. The number of carboxylic acids is 1. The highest BCUT2D eigenvalue weighted by Gasteiger charge is 2.05. The van der Waals surface area contributed by atoms with E-state index < -0.39 is 5.97 Å². The van der Waals surface area contributed by atoms with Gasteiger partial charge in [-0.05, 0) is 36.4 Å². The van der Waals surface area contributed by atoms with Crippen LogP contribution < -0.4 is 0 Å². The van der Waals surface area contributed by atoms with Crippen LogP contribution in [0.3, 0.4) is 0 Å². The van der Waals surface area contributed by atoms with Gasteiger partial charge in [0.25, 0.3) is 0 Å². The summed E-state index contributed by atoms with van der Waals surface area (Å²) in [6.07, 6.45) is 1.51. The zero-order valence-corrected chi connectivity index (χ0v) is 12.2. The van der Waals surface area contributed by atoms with Crippen molar-refractivity contribution >= 4 is 52.7 Å². The summed E-state index contributed by atoms with van der Waals surface area (Å²) >= 11 is 17.9. The van der Waals surface area contributed by atoms with Gasteiger partial charge in [0, 0.05) is 16.8 Å². The van der Waals surface area contributed by atoms with Gasteiger partial charge in [-0.1, -0.05) is 34.8 Å². The van der Waals surface area contributed by atoms with E-state index in [4.69, 9.17) is 39.9 Å². The van der Waals surface area contributed by atoms with Crippen LogP contribution in [0.2, 0.25) is 15.1 Å². The van der Waals surface area contributed by atoms with Gasteiger partial charge in [-0.15, -0.1) is 0 Å². The predicted molar refractivity (Wildman–Crippen MR) is 82.1 cm³/mol. The first-order valence-corrected chi connectivity index (χ1v) is 6.63. The highest BCUT2D eigenvalue weighted by molar-refractivity contribution is 6.41. The van der Waals surface area contributed by atoms with Crippen LogP contribution in [0.25, 0.3) is 0 Å². The molecule has 0 fully saturated rings. The van der Waals surface area contributed by atoms with Crippen LogP contribution in [0.4, 0.5) is 5.69 Å². The van der Waals surface area contributed by atoms with E-state index in [1.165, 1.54) is 18.3 Å². The first kappa shape index (κ1) is 14.9. The van der Waals surface area contributed by atoms with Gasteiger partial charge in [-0.2, -0.15) is 0 Å². The summed E-state index contributed by atoms with van der Waals surface area (Å²) in [4.78, 5) is 14.9. The summed E-state index contributed by atoms with van der Waals surface area (Å²) in [7, 11) is 0. The van der Waals surface area contributed by atoms with Crippen molar-refractivity contribution < 1.29 is 9.90 Å². The van der Waals surface area contributed by atoms with Gasteiger partial charge < -0.3 is 5.11 Å². The molecule has 2 rings (SSSR count). The smallest absolute Gasteiger partial charge is 0.335 e. The fourth-order valence-corrected chi connectivity index (χ4v) is 2.42. The summed E-state index contributed by atoms with van der Waals surface area (Å²) in [6.45, 7) is 0. The van der Waals surface area contributed by atoms with Crippen LogP contribution >= 0.6 is 34.8 Å². The molecule has 0 radical (unpaired) electrons. The molecule has 0 saturated carbocycles. The topological polar surface area (TPSA) is 49.7 Å². The van der Waals surface area contributed by atoms with E-state index in [2.05, 4.69) is 4.99 Å². The molecule has 0 aliphatic carbocycles. The maximum absolute atomic E-state index is 10.7. The third kappa shape index (κ3) is 3.51. The molecule has 6 heteroatoms. The lowest BCUT2D eigenvalue weighted by molar-refractivity contribution is 0.0697. The predicted octanol–water partition coefficient (Wildman–Crippen LogP) is 5.10. The lowest BCUT2D eigenvalue weighted by atomic mass is 10.2. The standard InChI is InChI=1S/C14H8Cl3NO2/c15-9-5-12(16)11(13(17)6-9)7-18-10-3-1-8(2-4-10)14(19)20/h1-7H,(H,19,20). The van der Waals surface area contributed by atoms with Crippen LogP contribution in [0, 0.1) is 0 Å². The van der Waals surface area contributed by atoms with Gasteiger partial charge >= 0.3 is 5.97 Å². The minimum atomic E-state index is -0.982. The third-order valence-corrected chi connectivity index (χ3v) is 3.34. The number of nitrogens with zero attached hydrogens (tertiary/aromatic N) is 1. The SMILES string of the molecule is O=C(O)c1ccc(N=Cc2c(Cl)cc(Cl)cc2Cl)cc1. The van der Waals surface area contributed by atoms with Crippen LogP contribution in [0.1, 0.15) is 15.9 Å². The Morgan fingerprint density at radius 1 is 1.05 bits per heavy atom. The molecular weight excluding hydrogens is 321 g/mol. The highest BCUT2D eigenvalue weighted by Crippen LogP contribution is 2.28. The molecule has 2 aromatic rings. The zero-order valence-electron chi connectivity index (χ0n) is 9.98. The van der Waals surface area contributed by atoms with Crippen LogP contribution in [-0.4, -0.2) is 17.3 Å². The molecule has 0 atom stereocenters. The van der Waals surface area contributed by atoms with E-state index in [0.29, 0.717) is 26.3 Å². The van der Waals surface area contributed by atoms with E-state index in [9.17, 15) is 4.79 Å². The van der Waals surface area contributed by atoms with Gasteiger partial charge in [-0.3, -0.25) is 4.99 Å². The molecule has 20 heavy (non-hydrogen) atoms. The molecule has 102 valence electrons. The van der Waals surface area contributed by atoms with Gasteiger partial charge in [-0.25, -0.2) is 4.79 Å². The minimum Gasteiger partial charge on any atom is -0.478 e. The number of hydrogen-bond donors (Lipinski definition) is 1. The lowest BCUT2D eigenvalue weighted by Gasteiger charge is -2.02. The second-order valence-electron chi connectivity index (χ2n) is 3.89. The zero-order chi connectivity index (χ0) is 14.7. The molecular formula is C14H8Cl3NO2. The number of halogens is 3. The average Bonchev–Trinajstić information content (AvgIpc) is 2.38. The quantitative estimate of drug-likeness (QED) is 0.797. The molecule has 0 heterocycles. The molecule has 1 N–H and O–H groups in total. The summed E-state index contributed by atoms with van der Waals surface area (Å²) in [5, 5.41) is 10.0. The summed E-state index contributed by atoms with van der Waals surface area (Å²) < 4.78 is 0. The number of rotatable bonds is 3. The normalized spacial score (nSPS) is 10.9. The lowest BCUT2D eigenvalue weighted by Crippen LogP contribution is -1.94. The van der Waals surface area contributed by atoms with E-state index in [1.54, 1.807) is 24.3 Å². The van der Waals surface area contributed by atoms with Crippen molar-refractivity contribution in [1.29, 1.82) is 0 Å². The minimum absolute atomic E-state index is 0.200. The summed E-state index contributed by atoms with van der Waals surface area (Å²) in [6, 6.07) is 9.28. The monoisotopic (exact) mass is 327 g/mol. The molecule has 0 amide bonds. The fourth-order valence-electron chi connectivity index (χ4n) is 1.51. The third-order valence-electron chi connectivity index (χ3n) is 2.50. The van der Waals surface area contributed by atoms with E-state index >= 15 is 0 Å². The van der Waals surface area contributed by atoms with Crippen LogP contribution in [-0.2, 0) is 0 Å². The Morgan fingerprint density at radius 2 is 1.60 bits per heavy atom. The van der Waals surface area contributed by atoms with Crippen molar-refractivity contribution in [2.45, 2.75) is 0 Å². The van der Waals surface area contributed by atoms with Crippen molar-refractivity contribution in [2.24, 2.45) is 4.99 Å². The van der Waals surface area contributed by atoms with Gasteiger partial charge in [0.05, 0.1) is 21.3 Å². The Labute approximate surface area is 130 Å². The number of carboxylic acid groups (broad SMARTS) is 1. The molecule has 2 aromatic carbocycles. The number of benzene rings is 2. The molecule has 0 unspecified atom stereocenters. The van der Waals surface area contributed by atoms with Gasteiger partial charge in [0.2, 0.25) is 0 Å².